The lowest BCUT2D eigenvalue weighted by Gasteiger charge is -2.21. The van der Waals surface area contributed by atoms with E-state index in [1.54, 1.807) is 5.17 Å². The van der Waals surface area contributed by atoms with E-state index in [2.05, 4.69) is 30.7 Å². The van der Waals surface area contributed by atoms with Crippen LogP contribution in [0, 0.1) is 18.3 Å². The van der Waals surface area contributed by atoms with Crippen LogP contribution in [0.25, 0.3) is 0 Å². The van der Waals surface area contributed by atoms with Gasteiger partial charge in [-0.3, -0.25) is 4.84 Å². The van der Waals surface area contributed by atoms with E-state index in [1.165, 1.54) is 0 Å². The van der Waals surface area contributed by atoms with E-state index in [0.717, 1.165) is 13.0 Å². The first-order chi connectivity index (χ1) is 7.20. The number of terminal acetylenes is 1. The second-order valence-electron chi connectivity index (χ2n) is 3.70. The Bertz CT molecular complexity index is 177. The smallest absolute Gasteiger partial charge is 0.0674 e. The molecule has 0 heterocycles. The van der Waals surface area contributed by atoms with Crippen LogP contribution < -0.4 is 11.0 Å². The minimum atomic E-state index is 0.628. The Morgan fingerprint density at radius 2 is 2.20 bits per heavy atom. The fourth-order valence-electron chi connectivity index (χ4n) is 0.980. The van der Waals surface area contributed by atoms with Gasteiger partial charge in [-0.25, -0.2) is 5.43 Å². The summed E-state index contributed by atoms with van der Waals surface area (Å²) < 4.78 is 0. The molecule has 0 rings (SSSR count). The lowest BCUT2D eigenvalue weighted by molar-refractivity contribution is -0.200. The number of hydrazine groups is 2. The van der Waals surface area contributed by atoms with Crippen molar-refractivity contribution in [2.24, 2.45) is 5.92 Å². The van der Waals surface area contributed by atoms with Gasteiger partial charge in [0.25, 0.3) is 0 Å². The third-order valence-electron chi connectivity index (χ3n) is 1.79. The first-order valence-corrected chi connectivity index (χ1v) is 5.53. The van der Waals surface area contributed by atoms with Crippen LogP contribution in [0.2, 0.25) is 0 Å². The molecule has 0 radical (unpaired) electrons. The summed E-state index contributed by atoms with van der Waals surface area (Å²) in [6.07, 6.45) is 6.98. The van der Waals surface area contributed by atoms with Gasteiger partial charge < -0.3 is 0 Å². The third-order valence-corrected chi connectivity index (χ3v) is 1.79. The van der Waals surface area contributed by atoms with Crippen LogP contribution in [-0.2, 0) is 4.84 Å². The molecule has 0 aromatic heterocycles. The summed E-state index contributed by atoms with van der Waals surface area (Å²) >= 11 is 0. The van der Waals surface area contributed by atoms with E-state index in [-0.39, 0.29) is 0 Å². The Labute approximate surface area is 93.3 Å². The van der Waals surface area contributed by atoms with E-state index < -0.39 is 0 Å². The molecule has 4 heteroatoms. The first-order valence-electron chi connectivity index (χ1n) is 5.53. The maximum Gasteiger partial charge on any atom is 0.0674 e. The monoisotopic (exact) mass is 213 g/mol. The molecule has 0 bridgehead atoms. The highest BCUT2D eigenvalue weighted by molar-refractivity contribution is 4.83. The molecule has 0 aliphatic carbocycles. The average molecular weight is 213 g/mol. The van der Waals surface area contributed by atoms with Crippen LogP contribution >= 0.6 is 0 Å². The van der Waals surface area contributed by atoms with Gasteiger partial charge in [-0.1, -0.05) is 13.8 Å². The van der Waals surface area contributed by atoms with Crippen molar-refractivity contribution >= 4 is 0 Å². The van der Waals surface area contributed by atoms with Gasteiger partial charge in [0.15, 0.2) is 0 Å². The summed E-state index contributed by atoms with van der Waals surface area (Å²) in [6, 6.07) is 0. The van der Waals surface area contributed by atoms with Crippen molar-refractivity contribution in [2.75, 3.05) is 19.7 Å². The largest absolute Gasteiger partial charge is 0.283 e. The molecule has 0 saturated heterocycles. The van der Waals surface area contributed by atoms with Crippen LogP contribution in [0.3, 0.4) is 0 Å². The topological polar surface area (TPSA) is 36.5 Å². The predicted molar refractivity (Wildman–Crippen MR) is 62.4 cm³/mol. The zero-order valence-electron chi connectivity index (χ0n) is 10.0. The van der Waals surface area contributed by atoms with Gasteiger partial charge in [0.1, 0.15) is 0 Å². The molecular weight excluding hydrogens is 190 g/mol. The van der Waals surface area contributed by atoms with Crippen molar-refractivity contribution in [3.05, 3.63) is 0 Å². The quantitative estimate of drug-likeness (QED) is 0.344. The van der Waals surface area contributed by atoms with Gasteiger partial charge in [0.05, 0.1) is 13.2 Å². The standard InChI is InChI=1S/C11H23N3O/c1-5-7-10-14(15-6-2)13-12-9-8-11(3)4/h1,11-13H,6-10H2,2-4H3. The lowest BCUT2D eigenvalue weighted by atomic mass is 10.1. The summed E-state index contributed by atoms with van der Waals surface area (Å²) in [4.78, 5) is 5.32. The second kappa shape index (κ2) is 9.94. The summed E-state index contributed by atoms with van der Waals surface area (Å²) in [7, 11) is 0. The maximum absolute atomic E-state index is 5.32. The number of hydroxylamine groups is 1. The normalized spacial score (nSPS) is 10.9. The van der Waals surface area contributed by atoms with Gasteiger partial charge in [-0.2, -0.15) is 5.53 Å². The zero-order chi connectivity index (χ0) is 11.5. The molecular formula is C11H23N3O. The average Bonchev–Trinajstić information content (AvgIpc) is 2.20. The van der Waals surface area contributed by atoms with Crippen molar-refractivity contribution in [2.45, 2.75) is 33.6 Å². The Morgan fingerprint density at radius 1 is 1.47 bits per heavy atom. The van der Waals surface area contributed by atoms with Crippen molar-refractivity contribution < 1.29 is 4.84 Å². The third kappa shape index (κ3) is 9.70. The summed E-state index contributed by atoms with van der Waals surface area (Å²) in [5.74, 6) is 3.28. The van der Waals surface area contributed by atoms with Crippen LogP contribution in [0.4, 0.5) is 0 Å². The zero-order valence-corrected chi connectivity index (χ0v) is 10.0. The number of nitrogens with one attached hydrogen (secondary N) is 2. The first kappa shape index (κ1) is 14.4. The van der Waals surface area contributed by atoms with E-state index in [9.17, 15) is 0 Å². The Hall–Kier alpha value is -0.600. The molecule has 0 aromatic carbocycles. The highest BCUT2D eigenvalue weighted by Crippen LogP contribution is 1.95. The SMILES string of the molecule is C#CCCN(NNCCC(C)C)OCC. The van der Waals surface area contributed by atoms with Gasteiger partial charge >= 0.3 is 0 Å². The van der Waals surface area contributed by atoms with E-state index in [1.807, 2.05) is 6.92 Å². The number of hydrogen-bond donors (Lipinski definition) is 2. The fourth-order valence-corrected chi connectivity index (χ4v) is 0.980. The predicted octanol–water partition coefficient (Wildman–Crippen LogP) is 1.32. The van der Waals surface area contributed by atoms with E-state index in [4.69, 9.17) is 11.3 Å². The van der Waals surface area contributed by atoms with E-state index in [0.29, 0.717) is 25.5 Å². The van der Waals surface area contributed by atoms with Crippen LogP contribution in [0.1, 0.15) is 33.6 Å². The highest BCUT2D eigenvalue weighted by atomic mass is 16.7. The Kier molecular flexibility index (Phi) is 9.54. The summed E-state index contributed by atoms with van der Waals surface area (Å²) in [5, 5.41) is 1.64. The molecule has 0 unspecified atom stereocenters. The minimum absolute atomic E-state index is 0.628. The molecule has 2 N–H and O–H groups in total. The van der Waals surface area contributed by atoms with Gasteiger partial charge in [-0.05, 0) is 19.3 Å². The van der Waals surface area contributed by atoms with Gasteiger partial charge in [0, 0.05) is 13.0 Å². The molecule has 0 aromatic rings. The lowest BCUT2D eigenvalue weighted by Crippen LogP contribution is -2.47. The maximum atomic E-state index is 5.32. The van der Waals surface area contributed by atoms with Crippen molar-refractivity contribution in [1.82, 2.24) is 16.1 Å². The highest BCUT2D eigenvalue weighted by Gasteiger charge is 2.01. The second-order valence-corrected chi connectivity index (χ2v) is 3.70. The summed E-state index contributed by atoms with van der Waals surface area (Å²) in [6.45, 7) is 8.55. The number of hydrogen-bond acceptors (Lipinski definition) is 4. The van der Waals surface area contributed by atoms with Crippen LogP contribution in [-0.4, -0.2) is 24.9 Å². The minimum Gasteiger partial charge on any atom is -0.283 e. The van der Waals surface area contributed by atoms with Crippen LogP contribution in [0.5, 0.6) is 0 Å². The fraction of sp³-hybridized carbons (Fsp3) is 0.818. The van der Waals surface area contributed by atoms with E-state index >= 15 is 0 Å². The van der Waals surface area contributed by atoms with Crippen LogP contribution in [0.15, 0.2) is 0 Å². The molecule has 0 fully saturated rings. The molecule has 0 aliphatic rings. The van der Waals surface area contributed by atoms with Crippen molar-refractivity contribution in [3.8, 4) is 12.3 Å². The van der Waals surface area contributed by atoms with Crippen molar-refractivity contribution in [3.63, 3.8) is 0 Å². The van der Waals surface area contributed by atoms with Crippen molar-refractivity contribution in [1.29, 1.82) is 0 Å². The molecule has 0 aliphatic heterocycles. The van der Waals surface area contributed by atoms with Gasteiger partial charge in [0.2, 0.25) is 0 Å². The molecule has 0 saturated carbocycles. The number of rotatable bonds is 9. The molecule has 0 amide bonds. The molecule has 4 nitrogen and oxygen atoms in total. The molecule has 88 valence electrons. The molecule has 0 atom stereocenters. The molecule has 15 heavy (non-hydrogen) atoms. The Balaban J connectivity index is 3.52. The Morgan fingerprint density at radius 3 is 2.73 bits per heavy atom. The summed E-state index contributed by atoms with van der Waals surface area (Å²) in [5.41, 5.74) is 6.07. The molecule has 0 spiro atoms. The van der Waals surface area contributed by atoms with Gasteiger partial charge in [-0.15, -0.1) is 17.5 Å². The number of nitrogens with zero attached hydrogens (tertiary/aromatic N) is 1.